The molecule has 0 saturated heterocycles. The molecule has 4 atom stereocenters. The maximum Gasteiger partial charge on any atom is 0.223 e. The van der Waals surface area contributed by atoms with Crippen molar-refractivity contribution in [1.29, 1.82) is 0 Å². The highest BCUT2D eigenvalue weighted by Crippen LogP contribution is 2.47. The van der Waals surface area contributed by atoms with Crippen LogP contribution in [0.3, 0.4) is 0 Å². The van der Waals surface area contributed by atoms with Gasteiger partial charge in [0.25, 0.3) is 0 Å². The number of carbonyl (C=O) groups excluding carboxylic acids is 1. The first-order valence-corrected chi connectivity index (χ1v) is 11.4. The van der Waals surface area contributed by atoms with E-state index in [9.17, 15) is 9.90 Å². The number of aliphatic hydroxyl groups excluding tert-OH is 1. The quantitative estimate of drug-likeness (QED) is 0.455. The summed E-state index contributed by atoms with van der Waals surface area (Å²) in [7, 11) is 3.60. The average molecular weight is 411 g/mol. The van der Waals surface area contributed by atoms with Gasteiger partial charge in [-0.15, -0.1) is 0 Å². The van der Waals surface area contributed by atoms with Gasteiger partial charge >= 0.3 is 0 Å². The number of aliphatic hydroxyl groups is 1. The lowest BCUT2D eigenvalue weighted by atomic mass is 9.89. The highest BCUT2D eigenvalue weighted by Gasteiger charge is 2.43. The average Bonchev–Trinajstić information content (AvgIpc) is 3.21. The van der Waals surface area contributed by atoms with Crippen molar-refractivity contribution < 1.29 is 9.90 Å². The van der Waals surface area contributed by atoms with Crippen LogP contribution in [0.4, 0.5) is 0 Å². The fourth-order valence-corrected chi connectivity index (χ4v) is 4.95. The lowest BCUT2D eigenvalue weighted by molar-refractivity contribution is -0.128. The van der Waals surface area contributed by atoms with Gasteiger partial charge in [0, 0.05) is 33.0 Å². The Balaban J connectivity index is 1.39. The molecule has 0 spiro atoms. The second-order valence-electron chi connectivity index (χ2n) is 9.23. The van der Waals surface area contributed by atoms with Gasteiger partial charge in [0.05, 0.1) is 6.10 Å². The smallest absolute Gasteiger partial charge is 0.223 e. The van der Waals surface area contributed by atoms with E-state index in [-0.39, 0.29) is 17.9 Å². The minimum absolute atomic E-state index is 0.170. The summed E-state index contributed by atoms with van der Waals surface area (Å²) in [5, 5.41) is 13.9. The third-order valence-electron chi connectivity index (χ3n) is 6.63. The van der Waals surface area contributed by atoms with Gasteiger partial charge < -0.3 is 15.3 Å². The number of hydrogen-bond acceptors (Lipinski definition) is 3. The lowest BCUT2D eigenvalue weighted by Gasteiger charge is -2.18. The highest BCUT2D eigenvalue weighted by atomic mass is 16.3. The predicted molar refractivity (Wildman–Crippen MR) is 123 cm³/mol. The van der Waals surface area contributed by atoms with Gasteiger partial charge in [-0.2, -0.15) is 0 Å². The predicted octanol–water partition coefficient (Wildman–Crippen LogP) is 3.89. The Morgan fingerprint density at radius 3 is 2.87 bits per heavy atom. The minimum atomic E-state index is -0.205. The van der Waals surface area contributed by atoms with Gasteiger partial charge in [-0.25, -0.2) is 0 Å². The molecule has 4 nitrogen and oxygen atoms in total. The van der Waals surface area contributed by atoms with Crippen LogP contribution in [0.2, 0.25) is 0 Å². The number of hydrogen-bond donors (Lipinski definition) is 2. The summed E-state index contributed by atoms with van der Waals surface area (Å²) in [6.45, 7) is 3.80. The van der Waals surface area contributed by atoms with Crippen molar-refractivity contribution in [2.75, 3.05) is 27.2 Å². The zero-order valence-electron chi connectivity index (χ0n) is 18.8. The molecule has 30 heavy (non-hydrogen) atoms. The van der Waals surface area contributed by atoms with E-state index >= 15 is 0 Å². The highest BCUT2D eigenvalue weighted by molar-refractivity contribution is 5.75. The van der Waals surface area contributed by atoms with Crippen molar-refractivity contribution in [2.45, 2.75) is 51.6 Å². The SMILES string of the molecule is Cc1cccc(CC/C=C/[C@@H]2[C@H]3CC(CCNCCC(=O)N(C)C)=C[C@H]3C[C@H]2O)c1. The third-order valence-corrected chi connectivity index (χ3v) is 6.63. The van der Waals surface area contributed by atoms with Gasteiger partial charge in [-0.05, 0) is 63.0 Å². The molecule has 2 N–H and O–H groups in total. The van der Waals surface area contributed by atoms with E-state index < -0.39 is 0 Å². The number of fused-ring (bicyclic) bond motifs is 1. The Morgan fingerprint density at radius 1 is 1.27 bits per heavy atom. The van der Waals surface area contributed by atoms with E-state index in [1.165, 1.54) is 16.7 Å². The van der Waals surface area contributed by atoms with Crippen LogP contribution in [0.5, 0.6) is 0 Å². The molecule has 1 aromatic carbocycles. The van der Waals surface area contributed by atoms with Crippen LogP contribution in [0.25, 0.3) is 0 Å². The molecule has 1 aromatic rings. The largest absolute Gasteiger partial charge is 0.392 e. The van der Waals surface area contributed by atoms with Gasteiger partial charge in [-0.3, -0.25) is 4.79 Å². The number of nitrogens with one attached hydrogen (secondary N) is 1. The van der Waals surface area contributed by atoms with Crippen LogP contribution in [-0.2, 0) is 11.2 Å². The first-order valence-electron chi connectivity index (χ1n) is 11.4. The summed E-state index contributed by atoms with van der Waals surface area (Å²) in [5.41, 5.74) is 4.21. The standard InChI is InChI=1S/C26H38N2O2/c1-19-7-6-9-20(15-19)8-4-5-10-23-24-17-21(16-22(24)18-25(23)29)11-13-27-14-12-26(30)28(2)3/h5-7,9-10,15-16,22-25,27,29H,4,8,11-14,17-18H2,1-3H3/b10-5+/t22-,23+,24-,25+/m0/s1. The Labute approximate surface area is 182 Å². The molecule has 1 fully saturated rings. The van der Waals surface area contributed by atoms with Gasteiger partial charge in [0.15, 0.2) is 0 Å². The molecule has 0 aromatic heterocycles. The molecule has 4 heteroatoms. The Kier molecular flexibility index (Phi) is 8.29. The molecular weight excluding hydrogens is 372 g/mol. The summed E-state index contributed by atoms with van der Waals surface area (Å²) in [6, 6.07) is 8.71. The summed E-state index contributed by atoms with van der Waals surface area (Å²) in [5.74, 6) is 1.53. The molecule has 0 heterocycles. The Morgan fingerprint density at radius 2 is 2.10 bits per heavy atom. The molecule has 3 rings (SSSR count). The van der Waals surface area contributed by atoms with E-state index in [0.717, 1.165) is 45.2 Å². The summed E-state index contributed by atoms with van der Waals surface area (Å²) < 4.78 is 0. The number of amides is 1. The van der Waals surface area contributed by atoms with Crippen molar-refractivity contribution in [3.63, 3.8) is 0 Å². The summed E-state index contributed by atoms with van der Waals surface area (Å²) in [4.78, 5) is 13.3. The lowest BCUT2D eigenvalue weighted by Crippen LogP contribution is -2.27. The minimum Gasteiger partial charge on any atom is -0.392 e. The number of nitrogens with zero attached hydrogens (tertiary/aromatic N) is 1. The van der Waals surface area contributed by atoms with E-state index in [1.54, 1.807) is 19.0 Å². The van der Waals surface area contributed by atoms with Crippen molar-refractivity contribution in [3.05, 3.63) is 59.2 Å². The monoisotopic (exact) mass is 410 g/mol. The molecule has 0 aliphatic heterocycles. The molecule has 0 radical (unpaired) electrons. The summed E-state index contributed by atoms with van der Waals surface area (Å²) in [6.07, 6.45) is 12.5. The Hall–Kier alpha value is -1.91. The van der Waals surface area contributed by atoms with Crippen molar-refractivity contribution in [3.8, 4) is 0 Å². The van der Waals surface area contributed by atoms with Crippen LogP contribution < -0.4 is 5.32 Å². The maximum atomic E-state index is 11.6. The maximum absolute atomic E-state index is 11.6. The fraction of sp³-hybridized carbons (Fsp3) is 0.577. The van der Waals surface area contributed by atoms with Crippen LogP contribution in [0.1, 0.15) is 43.2 Å². The molecule has 0 bridgehead atoms. The van der Waals surface area contributed by atoms with Gasteiger partial charge in [0.1, 0.15) is 0 Å². The first kappa shape index (κ1) is 22.8. The van der Waals surface area contributed by atoms with E-state index in [4.69, 9.17) is 0 Å². The number of carbonyl (C=O) groups is 1. The van der Waals surface area contributed by atoms with E-state index in [2.05, 4.69) is 54.7 Å². The van der Waals surface area contributed by atoms with E-state index in [0.29, 0.717) is 18.3 Å². The number of rotatable bonds is 10. The molecular formula is C26H38N2O2. The van der Waals surface area contributed by atoms with Crippen molar-refractivity contribution in [2.24, 2.45) is 17.8 Å². The normalized spacial score (nSPS) is 25.5. The summed E-state index contributed by atoms with van der Waals surface area (Å²) >= 11 is 0. The van der Waals surface area contributed by atoms with E-state index in [1.807, 2.05) is 0 Å². The van der Waals surface area contributed by atoms with Crippen LogP contribution >= 0.6 is 0 Å². The second kappa shape index (κ2) is 10.9. The fourth-order valence-electron chi connectivity index (χ4n) is 4.95. The molecule has 2 aliphatic carbocycles. The van der Waals surface area contributed by atoms with Gasteiger partial charge in [-0.1, -0.05) is 53.6 Å². The van der Waals surface area contributed by atoms with Gasteiger partial charge in [0.2, 0.25) is 5.91 Å². The molecule has 0 unspecified atom stereocenters. The topological polar surface area (TPSA) is 52.6 Å². The third kappa shape index (κ3) is 6.29. The zero-order valence-corrected chi connectivity index (χ0v) is 18.8. The zero-order chi connectivity index (χ0) is 21.5. The first-order chi connectivity index (χ1) is 14.4. The van der Waals surface area contributed by atoms with Crippen molar-refractivity contribution >= 4 is 5.91 Å². The number of allylic oxidation sites excluding steroid dienone is 2. The van der Waals surface area contributed by atoms with Crippen LogP contribution in [0.15, 0.2) is 48.1 Å². The molecule has 1 amide bonds. The Bertz CT molecular complexity index is 768. The number of benzene rings is 1. The second-order valence-corrected chi connectivity index (χ2v) is 9.23. The molecule has 164 valence electrons. The van der Waals surface area contributed by atoms with Crippen LogP contribution in [0, 0.1) is 24.7 Å². The van der Waals surface area contributed by atoms with Crippen LogP contribution in [-0.4, -0.2) is 49.2 Å². The van der Waals surface area contributed by atoms with Crippen molar-refractivity contribution in [1.82, 2.24) is 10.2 Å². The molecule has 2 aliphatic rings. The number of aryl methyl sites for hydroxylation is 2. The molecule has 1 saturated carbocycles.